The van der Waals surface area contributed by atoms with E-state index in [-0.39, 0.29) is 25.5 Å². The summed E-state index contributed by atoms with van der Waals surface area (Å²) in [4.78, 5) is 51.3. The van der Waals surface area contributed by atoms with Gasteiger partial charge in [-0.3, -0.25) is 14.4 Å². The molecule has 0 aromatic heterocycles. The first kappa shape index (κ1) is 45.1. The summed E-state index contributed by atoms with van der Waals surface area (Å²) in [5.74, 6) is -16.9. The first-order valence-electron chi connectivity index (χ1n) is 18.9. The molecular formula is C40H54F5NO7. The van der Waals surface area contributed by atoms with Gasteiger partial charge in [-0.25, -0.2) is 18.0 Å². The molecule has 296 valence electrons. The van der Waals surface area contributed by atoms with Crippen molar-refractivity contribution in [1.82, 2.24) is 4.90 Å². The summed E-state index contributed by atoms with van der Waals surface area (Å²) >= 11 is 0. The lowest BCUT2D eigenvalue weighted by molar-refractivity contribution is -0.151. The van der Waals surface area contributed by atoms with E-state index in [2.05, 4.69) is 11.7 Å². The first-order valence-corrected chi connectivity index (χ1v) is 18.9. The number of rotatable bonds is 28. The summed E-state index contributed by atoms with van der Waals surface area (Å²) in [6, 6.07) is 7.97. The van der Waals surface area contributed by atoms with E-state index < -0.39 is 71.6 Å². The lowest BCUT2D eigenvalue weighted by atomic mass is 10.0. The molecule has 0 fully saturated rings. The molecule has 0 heterocycles. The Kier molecular flexibility index (Phi) is 22.0. The fourth-order valence-electron chi connectivity index (χ4n) is 5.94. The number of unbranched alkanes of at least 4 members (excludes halogenated alkanes) is 14. The minimum atomic E-state index is -2.41. The van der Waals surface area contributed by atoms with Crippen LogP contribution in [0.2, 0.25) is 0 Å². The fourth-order valence-corrected chi connectivity index (χ4v) is 5.94. The molecule has 0 spiro atoms. The van der Waals surface area contributed by atoms with Crippen molar-refractivity contribution in [3.8, 4) is 5.75 Å². The molecule has 1 N–H and O–H groups in total. The molecular weight excluding hydrogens is 701 g/mol. The molecule has 0 saturated carbocycles. The highest BCUT2D eigenvalue weighted by atomic mass is 19.2. The van der Waals surface area contributed by atoms with E-state index in [1.54, 1.807) is 0 Å². The molecule has 1 atom stereocenters. The van der Waals surface area contributed by atoms with Gasteiger partial charge < -0.3 is 19.5 Å². The van der Waals surface area contributed by atoms with Gasteiger partial charge in [0.2, 0.25) is 40.7 Å². The van der Waals surface area contributed by atoms with E-state index in [0.29, 0.717) is 25.7 Å². The topological polar surface area (TPSA) is 110 Å². The van der Waals surface area contributed by atoms with E-state index >= 15 is 0 Å². The highest BCUT2D eigenvalue weighted by Gasteiger charge is 2.32. The molecule has 0 aliphatic carbocycles. The second-order valence-electron chi connectivity index (χ2n) is 13.3. The van der Waals surface area contributed by atoms with Gasteiger partial charge in [0, 0.05) is 25.8 Å². The molecule has 0 bridgehead atoms. The number of carboxylic acid groups (broad SMARTS) is 1. The van der Waals surface area contributed by atoms with Crippen LogP contribution in [0.5, 0.6) is 5.75 Å². The number of amides is 1. The molecule has 53 heavy (non-hydrogen) atoms. The Balaban J connectivity index is 1.85. The summed E-state index contributed by atoms with van der Waals surface area (Å²) in [5.41, 5.74) is 0.931. The van der Waals surface area contributed by atoms with Crippen LogP contribution < -0.4 is 4.74 Å². The number of ether oxygens (including phenoxy) is 2. The normalized spacial score (nSPS) is 11.7. The van der Waals surface area contributed by atoms with Gasteiger partial charge in [0.25, 0.3) is 0 Å². The highest BCUT2D eigenvalue weighted by molar-refractivity contribution is 5.84. The largest absolute Gasteiger partial charge is 0.480 e. The Bertz CT molecular complexity index is 1400. The van der Waals surface area contributed by atoms with Crippen LogP contribution >= 0.6 is 0 Å². The van der Waals surface area contributed by atoms with Gasteiger partial charge in [-0.15, -0.1) is 0 Å². The maximum Gasteiger partial charge on any atom is 0.326 e. The smallest absolute Gasteiger partial charge is 0.326 e. The molecule has 0 aliphatic rings. The van der Waals surface area contributed by atoms with E-state index in [9.17, 15) is 46.2 Å². The minimum absolute atomic E-state index is 0.0729. The summed E-state index contributed by atoms with van der Waals surface area (Å²) in [6.45, 7) is 2.51. The van der Waals surface area contributed by atoms with E-state index in [4.69, 9.17) is 4.74 Å². The van der Waals surface area contributed by atoms with Crippen LogP contribution in [0.15, 0.2) is 30.3 Å². The maximum atomic E-state index is 14.0. The average molecular weight is 756 g/mol. The van der Waals surface area contributed by atoms with Crippen molar-refractivity contribution in [3.05, 3.63) is 65.0 Å². The second-order valence-corrected chi connectivity index (χ2v) is 13.3. The van der Waals surface area contributed by atoms with Crippen LogP contribution in [-0.4, -0.2) is 46.4 Å². The van der Waals surface area contributed by atoms with Crippen LogP contribution in [0, 0.1) is 29.1 Å². The second kappa shape index (κ2) is 25.9. The van der Waals surface area contributed by atoms with Crippen molar-refractivity contribution < 1.29 is 55.7 Å². The Morgan fingerprint density at radius 1 is 0.623 bits per heavy atom. The number of esters is 2. The zero-order chi connectivity index (χ0) is 39.0. The summed E-state index contributed by atoms with van der Waals surface area (Å²) < 4.78 is 78.3. The van der Waals surface area contributed by atoms with Crippen molar-refractivity contribution in [2.45, 2.75) is 148 Å². The SMILES string of the molecule is CCCCCCCCCCCN(C(=O)CCCCCCCCCC(=O)OCc1ccccc1)[C@H](CCC(=O)Oc1c(F)c(F)c(F)c(F)c1F)C(=O)O. The summed E-state index contributed by atoms with van der Waals surface area (Å²) in [5, 5.41) is 10.0. The standard InChI is InChI=1S/C40H54F5NO7/c1-2-3-4-5-6-7-11-14-20-27-46(30(40(50)51)25-26-33(49)53-39-37(44)35(42)34(41)36(43)38(39)45)31(47)23-18-12-9-8-10-13-19-24-32(48)52-28-29-21-16-15-17-22-29/h15-17,21-22,30H,2-14,18-20,23-28H2,1H3,(H,50,51)/t30-/m1/s1. The quantitative estimate of drug-likeness (QED) is 0.0230. The zero-order valence-corrected chi connectivity index (χ0v) is 30.8. The number of hydrogen-bond donors (Lipinski definition) is 1. The molecule has 2 aromatic rings. The Morgan fingerprint density at radius 3 is 1.66 bits per heavy atom. The average Bonchev–Trinajstić information content (AvgIpc) is 3.15. The van der Waals surface area contributed by atoms with Gasteiger partial charge in [-0.05, 0) is 31.2 Å². The number of aliphatic carboxylic acids is 1. The van der Waals surface area contributed by atoms with Crippen LogP contribution in [-0.2, 0) is 30.5 Å². The highest BCUT2D eigenvalue weighted by Crippen LogP contribution is 2.29. The van der Waals surface area contributed by atoms with Gasteiger partial charge in [-0.1, -0.05) is 121 Å². The molecule has 13 heteroatoms. The molecule has 0 saturated heterocycles. The molecule has 0 unspecified atom stereocenters. The van der Waals surface area contributed by atoms with Gasteiger partial charge in [-0.2, -0.15) is 8.78 Å². The molecule has 2 rings (SSSR count). The number of carbonyl (C=O) groups is 4. The summed E-state index contributed by atoms with van der Waals surface area (Å²) in [6.07, 6.45) is 13.6. The number of halogens is 5. The molecule has 0 aliphatic heterocycles. The first-order chi connectivity index (χ1) is 25.5. The van der Waals surface area contributed by atoms with Crippen molar-refractivity contribution in [2.75, 3.05) is 6.54 Å². The number of carbonyl (C=O) groups excluding carboxylic acids is 3. The monoisotopic (exact) mass is 755 g/mol. The lowest BCUT2D eigenvalue weighted by Crippen LogP contribution is -2.46. The third-order valence-electron chi connectivity index (χ3n) is 9.01. The Hall–Kier alpha value is -4.03. The van der Waals surface area contributed by atoms with Crippen molar-refractivity contribution in [2.24, 2.45) is 0 Å². The molecule has 1 amide bonds. The number of hydrogen-bond acceptors (Lipinski definition) is 6. The van der Waals surface area contributed by atoms with Crippen LogP contribution in [0.3, 0.4) is 0 Å². The fraction of sp³-hybridized carbons (Fsp3) is 0.600. The van der Waals surface area contributed by atoms with Gasteiger partial charge in [0.15, 0.2) is 0 Å². The van der Waals surface area contributed by atoms with Crippen molar-refractivity contribution >= 4 is 23.8 Å². The Labute approximate surface area is 309 Å². The maximum absolute atomic E-state index is 14.0. The van der Waals surface area contributed by atoms with E-state index in [1.165, 1.54) is 17.7 Å². The van der Waals surface area contributed by atoms with Crippen molar-refractivity contribution in [3.63, 3.8) is 0 Å². The molecule has 0 radical (unpaired) electrons. The summed E-state index contributed by atoms with van der Waals surface area (Å²) in [7, 11) is 0. The predicted octanol–water partition coefficient (Wildman–Crippen LogP) is 10.1. The Morgan fingerprint density at radius 2 is 1.11 bits per heavy atom. The minimum Gasteiger partial charge on any atom is -0.480 e. The van der Waals surface area contributed by atoms with Crippen molar-refractivity contribution in [1.29, 1.82) is 0 Å². The number of carboxylic acids is 1. The third-order valence-corrected chi connectivity index (χ3v) is 9.01. The lowest BCUT2D eigenvalue weighted by Gasteiger charge is -2.29. The number of benzene rings is 2. The molecule has 2 aromatic carbocycles. The molecule has 8 nitrogen and oxygen atoms in total. The predicted molar refractivity (Wildman–Crippen MR) is 189 cm³/mol. The van der Waals surface area contributed by atoms with Crippen LogP contribution in [0.25, 0.3) is 0 Å². The van der Waals surface area contributed by atoms with Crippen LogP contribution in [0.1, 0.15) is 141 Å². The van der Waals surface area contributed by atoms with Crippen LogP contribution in [0.4, 0.5) is 22.0 Å². The van der Waals surface area contributed by atoms with E-state index in [0.717, 1.165) is 76.2 Å². The van der Waals surface area contributed by atoms with Gasteiger partial charge in [0.05, 0.1) is 0 Å². The van der Waals surface area contributed by atoms with Gasteiger partial charge in [0.1, 0.15) is 12.6 Å². The zero-order valence-electron chi connectivity index (χ0n) is 30.8. The third kappa shape index (κ3) is 17.1. The van der Waals surface area contributed by atoms with E-state index in [1.807, 2.05) is 30.3 Å². The number of nitrogens with zero attached hydrogens (tertiary/aromatic N) is 1. The van der Waals surface area contributed by atoms with Gasteiger partial charge >= 0.3 is 17.9 Å².